The normalized spacial score (nSPS) is 13.9. The molecule has 1 aliphatic heterocycles. The summed E-state index contributed by atoms with van der Waals surface area (Å²) in [5.74, 6) is 1.31. The van der Waals surface area contributed by atoms with Crippen molar-refractivity contribution in [3.8, 4) is 0 Å². The summed E-state index contributed by atoms with van der Waals surface area (Å²) in [6, 6.07) is 6.49. The summed E-state index contributed by atoms with van der Waals surface area (Å²) in [6.07, 6.45) is 2.38. The third-order valence-corrected chi connectivity index (χ3v) is 3.33. The van der Waals surface area contributed by atoms with Crippen molar-refractivity contribution in [2.75, 3.05) is 11.9 Å². The lowest BCUT2D eigenvalue weighted by atomic mass is 9.99. The highest BCUT2D eigenvalue weighted by Gasteiger charge is 2.12. The summed E-state index contributed by atoms with van der Waals surface area (Å²) in [7, 11) is 0. The monoisotopic (exact) mass is 258 g/mol. The number of hydrogen-bond donors (Lipinski definition) is 2. The third kappa shape index (κ3) is 2.76. The molecule has 0 amide bonds. The molecule has 5 heteroatoms. The number of nitrogens with zero attached hydrogens (tertiary/aromatic N) is 2. The molecule has 2 aromatic rings. The maximum Gasteiger partial charge on any atom is 0.223 e. The largest absolute Gasteiger partial charge is 0.385 e. The Labute approximate surface area is 112 Å². The first-order chi connectivity index (χ1) is 9.33. The van der Waals surface area contributed by atoms with E-state index in [9.17, 15) is 0 Å². The predicted octanol–water partition coefficient (Wildman–Crippen LogP) is 2.03. The van der Waals surface area contributed by atoms with Gasteiger partial charge in [-0.3, -0.25) is 0 Å². The minimum absolute atomic E-state index is 0.607. The Morgan fingerprint density at radius 3 is 3.16 bits per heavy atom. The van der Waals surface area contributed by atoms with Crippen molar-refractivity contribution < 1.29 is 4.52 Å². The molecule has 1 aromatic carbocycles. The molecule has 3 rings (SSSR count). The fourth-order valence-electron chi connectivity index (χ4n) is 2.45. The standard InChI is InChI=1S/C14H18N4O/c1-10-17-13(18-19-10)9-15-8-12-5-2-4-11-6-3-7-16-14(11)12/h2,4-5,15-16H,3,6-9H2,1H3. The Bertz CT molecular complexity index is 564. The van der Waals surface area contributed by atoms with Crippen molar-refractivity contribution in [2.24, 2.45) is 0 Å². The minimum atomic E-state index is 0.607. The number of hydrogen-bond acceptors (Lipinski definition) is 5. The number of aromatic nitrogens is 2. The fourth-order valence-corrected chi connectivity index (χ4v) is 2.45. The van der Waals surface area contributed by atoms with Gasteiger partial charge in [0.25, 0.3) is 0 Å². The Morgan fingerprint density at radius 1 is 1.37 bits per heavy atom. The first-order valence-corrected chi connectivity index (χ1v) is 6.67. The van der Waals surface area contributed by atoms with Crippen LogP contribution in [0.25, 0.3) is 0 Å². The summed E-state index contributed by atoms with van der Waals surface area (Å²) in [6.45, 7) is 4.30. The van der Waals surface area contributed by atoms with E-state index in [1.807, 2.05) is 0 Å². The van der Waals surface area contributed by atoms with E-state index in [1.54, 1.807) is 6.92 Å². The van der Waals surface area contributed by atoms with E-state index in [0.717, 1.165) is 13.1 Å². The van der Waals surface area contributed by atoms with Gasteiger partial charge in [0.05, 0.1) is 6.54 Å². The van der Waals surface area contributed by atoms with Gasteiger partial charge in [-0.15, -0.1) is 0 Å². The van der Waals surface area contributed by atoms with E-state index in [-0.39, 0.29) is 0 Å². The number of para-hydroxylation sites is 1. The fraction of sp³-hybridized carbons (Fsp3) is 0.429. The lowest BCUT2D eigenvalue weighted by Crippen LogP contribution is -2.18. The number of benzene rings is 1. The molecule has 2 heterocycles. The second-order valence-electron chi connectivity index (χ2n) is 4.81. The zero-order valence-electron chi connectivity index (χ0n) is 11.1. The molecule has 5 nitrogen and oxygen atoms in total. The molecule has 100 valence electrons. The van der Waals surface area contributed by atoms with E-state index in [1.165, 1.54) is 29.7 Å². The second-order valence-corrected chi connectivity index (χ2v) is 4.81. The van der Waals surface area contributed by atoms with Crippen LogP contribution in [-0.4, -0.2) is 16.7 Å². The molecule has 0 saturated carbocycles. The van der Waals surface area contributed by atoms with Gasteiger partial charge in [0.1, 0.15) is 0 Å². The quantitative estimate of drug-likeness (QED) is 0.878. The van der Waals surface area contributed by atoms with Gasteiger partial charge in [0.2, 0.25) is 5.89 Å². The number of fused-ring (bicyclic) bond motifs is 1. The molecule has 0 fully saturated rings. The van der Waals surface area contributed by atoms with E-state index < -0.39 is 0 Å². The number of nitrogens with one attached hydrogen (secondary N) is 2. The van der Waals surface area contributed by atoms with Crippen molar-refractivity contribution >= 4 is 5.69 Å². The van der Waals surface area contributed by atoms with Crippen LogP contribution in [0.5, 0.6) is 0 Å². The molecule has 0 saturated heterocycles. The zero-order chi connectivity index (χ0) is 13.1. The lowest BCUT2D eigenvalue weighted by Gasteiger charge is -2.21. The van der Waals surface area contributed by atoms with Crippen molar-refractivity contribution in [3.05, 3.63) is 41.0 Å². The molecule has 2 N–H and O–H groups in total. The van der Waals surface area contributed by atoms with Crippen molar-refractivity contribution in [1.82, 2.24) is 15.5 Å². The van der Waals surface area contributed by atoms with E-state index in [4.69, 9.17) is 4.52 Å². The predicted molar refractivity (Wildman–Crippen MR) is 72.8 cm³/mol. The van der Waals surface area contributed by atoms with Crippen LogP contribution < -0.4 is 10.6 Å². The molecule has 1 aromatic heterocycles. The van der Waals surface area contributed by atoms with Crippen molar-refractivity contribution in [2.45, 2.75) is 32.9 Å². The smallest absolute Gasteiger partial charge is 0.223 e. The van der Waals surface area contributed by atoms with Crippen LogP contribution in [0.4, 0.5) is 5.69 Å². The number of anilines is 1. The van der Waals surface area contributed by atoms with Crippen LogP contribution in [0.2, 0.25) is 0 Å². The zero-order valence-corrected chi connectivity index (χ0v) is 11.1. The van der Waals surface area contributed by atoms with E-state index in [2.05, 4.69) is 39.0 Å². The summed E-state index contributed by atoms with van der Waals surface area (Å²) in [5.41, 5.74) is 4.02. The van der Waals surface area contributed by atoms with Gasteiger partial charge in [-0.1, -0.05) is 23.4 Å². The van der Waals surface area contributed by atoms with Gasteiger partial charge in [-0.05, 0) is 24.0 Å². The molecule has 0 atom stereocenters. The van der Waals surface area contributed by atoms with Crippen molar-refractivity contribution in [1.29, 1.82) is 0 Å². The summed E-state index contributed by atoms with van der Waals surface area (Å²) >= 11 is 0. The van der Waals surface area contributed by atoms with E-state index >= 15 is 0 Å². The Morgan fingerprint density at radius 2 is 2.32 bits per heavy atom. The molecule has 0 spiro atoms. The maximum atomic E-state index is 4.94. The molecule has 19 heavy (non-hydrogen) atoms. The second kappa shape index (κ2) is 5.40. The van der Waals surface area contributed by atoms with Crippen LogP contribution in [0, 0.1) is 6.92 Å². The molecular formula is C14H18N4O. The highest BCUT2D eigenvalue weighted by Crippen LogP contribution is 2.25. The average molecular weight is 258 g/mol. The lowest BCUT2D eigenvalue weighted by molar-refractivity contribution is 0.385. The van der Waals surface area contributed by atoms with Crippen molar-refractivity contribution in [3.63, 3.8) is 0 Å². The first-order valence-electron chi connectivity index (χ1n) is 6.67. The van der Waals surface area contributed by atoms with Gasteiger partial charge in [-0.2, -0.15) is 4.98 Å². The van der Waals surface area contributed by atoms with Crippen LogP contribution in [0.3, 0.4) is 0 Å². The molecular weight excluding hydrogens is 240 g/mol. The molecule has 0 bridgehead atoms. The van der Waals surface area contributed by atoms with Gasteiger partial charge < -0.3 is 15.2 Å². The molecule has 0 radical (unpaired) electrons. The topological polar surface area (TPSA) is 63.0 Å². The minimum Gasteiger partial charge on any atom is -0.385 e. The molecule has 1 aliphatic rings. The summed E-state index contributed by atoms with van der Waals surface area (Å²) in [5, 5.41) is 10.7. The average Bonchev–Trinajstić information content (AvgIpc) is 2.85. The van der Waals surface area contributed by atoms with Crippen LogP contribution in [-0.2, 0) is 19.5 Å². The highest BCUT2D eigenvalue weighted by atomic mass is 16.5. The van der Waals surface area contributed by atoms with Gasteiger partial charge in [-0.25, -0.2) is 0 Å². The summed E-state index contributed by atoms with van der Waals surface area (Å²) < 4.78 is 4.94. The van der Waals surface area contributed by atoms with E-state index in [0.29, 0.717) is 18.3 Å². The third-order valence-electron chi connectivity index (χ3n) is 3.33. The van der Waals surface area contributed by atoms with Crippen LogP contribution in [0.1, 0.15) is 29.3 Å². The number of aryl methyl sites for hydroxylation is 2. The maximum absolute atomic E-state index is 4.94. The first kappa shape index (κ1) is 12.2. The molecule has 0 unspecified atom stereocenters. The molecule has 0 aliphatic carbocycles. The van der Waals surface area contributed by atoms with Gasteiger partial charge in [0.15, 0.2) is 5.82 Å². The van der Waals surface area contributed by atoms with Crippen LogP contribution >= 0.6 is 0 Å². The van der Waals surface area contributed by atoms with Gasteiger partial charge >= 0.3 is 0 Å². The number of rotatable bonds is 4. The Hall–Kier alpha value is -1.88. The highest BCUT2D eigenvalue weighted by molar-refractivity contribution is 5.59. The van der Waals surface area contributed by atoms with Gasteiger partial charge in [0, 0.05) is 25.7 Å². The Kier molecular flexibility index (Phi) is 3.46. The SMILES string of the molecule is Cc1nc(CNCc2cccc3c2NCCC3)no1. The van der Waals surface area contributed by atoms with Crippen LogP contribution in [0.15, 0.2) is 22.7 Å². The Balaban J connectivity index is 1.64. The summed E-state index contributed by atoms with van der Waals surface area (Å²) in [4.78, 5) is 4.17.